The van der Waals surface area contributed by atoms with Gasteiger partial charge in [0.05, 0.1) is 18.6 Å². The molecule has 8 heteroatoms. The van der Waals surface area contributed by atoms with Gasteiger partial charge in [0.15, 0.2) is 0 Å². The average molecular weight is 465 g/mol. The van der Waals surface area contributed by atoms with Crippen molar-refractivity contribution in [2.24, 2.45) is 11.3 Å². The smallest absolute Gasteiger partial charge is 0.374 e. The van der Waals surface area contributed by atoms with Crippen LogP contribution in [0.3, 0.4) is 0 Å². The van der Waals surface area contributed by atoms with Crippen molar-refractivity contribution in [2.45, 2.75) is 33.1 Å². The number of aliphatic hydroxyl groups excluding tert-OH is 1. The van der Waals surface area contributed by atoms with Gasteiger partial charge in [0.1, 0.15) is 5.82 Å². The van der Waals surface area contributed by atoms with Gasteiger partial charge in [0, 0.05) is 17.0 Å². The molecule has 0 bridgehead atoms. The number of aliphatic hydroxyl groups is 1. The van der Waals surface area contributed by atoms with E-state index in [1.54, 1.807) is 31.2 Å². The van der Waals surface area contributed by atoms with E-state index in [9.17, 15) is 29.0 Å². The number of Topliss-reactive ketones (excluding diaryl/α,β-unsaturated/α-hetero) is 1. The summed E-state index contributed by atoms with van der Waals surface area (Å²) in [5, 5.41) is 19.5. The Labute approximate surface area is 191 Å². The minimum Gasteiger partial charge on any atom is -0.481 e. The van der Waals surface area contributed by atoms with Crippen molar-refractivity contribution in [3.05, 3.63) is 58.9 Å². The molecule has 0 unspecified atom stereocenters. The Morgan fingerprint density at radius 3 is 2.38 bits per heavy atom. The van der Waals surface area contributed by atoms with Crippen LogP contribution in [-0.4, -0.2) is 41.1 Å². The molecule has 0 amide bonds. The maximum Gasteiger partial charge on any atom is 0.374 e. The molecule has 0 aliphatic rings. The second-order valence-corrected chi connectivity index (χ2v) is 8.40. The molecule has 0 spiro atoms. The fraction of sp³-hybridized carbons (Fsp3) is 0.375. The summed E-state index contributed by atoms with van der Waals surface area (Å²) in [5.41, 5.74) is 0.252. The Morgan fingerprint density at radius 2 is 1.81 bits per heavy atom. The van der Waals surface area contributed by atoms with E-state index in [-0.39, 0.29) is 25.9 Å². The molecule has 2 atom stereocenters. The summed E-state index contributed by atoms with van der Waals surface area (Å²) < 4.78 is 18.9. The van der Waals surface area contributed by atoms with Gasteiger partial charge >= 0.3 is 11.9 Å². The van der Waals surface area contributed by atoms with E-state index in [0.29, 0.717) is 16.1 Å². The van der Waals surface area contributed by atoms with Crippen LogP contribution >= 0.6 is 11.6 Å². The number of hydrogen-bond donors (Lipinski definition) is 2. The molecule has 2 aromatic rings. The Balaban J connectivity index is 2.25. The quantitative estimate of drug-likeness (QED) is 0.380. The van der Waals surface area contributed by atoms with E-state index in [1.807, 2.05) is 0 Å². The number of carboxylic acid groups (broad SMARTS) is 1. The Morgan fingerprint density at radius 1 is 1.16 bits per heavy atom. The lowest BCUT2D eigenvalue weighted by molar-refractivity contribution is -0.154. The van der Waals surface area contributed by atoms with E-state index in [1.165, 1.54) is 25.1 Å². The Bertz CT molecular complexity index is 975. The third kappa shape index (κ3) is 6.61. The van der Waals surface area contributed by atoms with E-state index in [2.05, 4.69) is 0 Å². The topological polar surface area (TPSA) is 101 Å². The van der Waals surface area contributed by atoms with Crippen LogP contribution in [0, 0.1) is 17.2 Å². The number of ketones is 1. The van der Waals surface area contributed by atoms with E-state index < -0.39 is 41.5 Å². The molecular weight excluding hydrogens is 439 g/mol. The van der Waals surface area contributed by atoms with Crippen molar-refractivity contribution < 1.29 is 33.7 Å². The van der Waals surface area contributed by atoms with Crippen LogP contribution in [0.25, 0.3) is 11.1 Å². The predicted octanol–water partition coefficient (Wildman–Crippen LogP) is 4.30. The van der Waals surface area contributed by atoms with Crippen LogP contribution in [0.2, 0.25) is 5.02 Å². The van der Waals surface area contributed by atoms with Crippen molar-refractivity contribution in [3.8, 4) is 11.1 Å². The molecular formula is C24H26ClFO6. The highest BCUT2D eigenvalue weighted by Gasteiger charge is 2.36. The highest BCUT2D eigenvalue weighted by molar-refractivity contribution is 6.33. The van der Waals surface area contributed by atoms with Gasteiger partial charge in [-0.05, 0) is 61.9 Å². The van der Waals surface area contributed by atoms with Crippen molar-refractivity contribution in [3.63, 3.8) is 0 Å². The number of benzene rings is 2. The van der Waals surface area contributed by atoms with E-state index >= 15 is 0 Å². The lowest BCUT2D eigenvalue weighted by Crippen LogP contribution is -2.35. The van der Waals surface area contributed by atoms with Gasteiger partial charge in [-0.1, -0.05) is 35.9 Å². The third-order valence-electron chi connectivity index (χ3n) is 5.30. The minimum atomic E-state index is -1.47. The van der Waals surface area contributed by atoms with Gasteiger partial charge in [-0.2, -0.15) is 0 Å². The number of carbonyl (C=O) groups is 3. The number of rotatable bonds is 11. The van der Waals surface area contributed by atoms with Crippen LogP contribution in [0.4, 0.5) is 4.39 Å². The number of halogens is 2. The number of carboxylic acids is 1. The zero-order valence-corrected chi connectivity index (χ0v) is 18.7. The van der Waals surface area contributed by atoms with Crippen LogP contribution in [0.15, 0.2) is 42.5 Å². The molecule has 0 fully saturated rings. The maximum absolute atomic E-state index is 14.1. The summed E-state index contributed by atoms with van der Waals surface area (Å²) in [6, 6.07) is 11.2. The Kier molecular flexibility index (Phi) is 8.92. The molecule has 6 nitrogen and oxygen atoms in total. The number of esters is 1. The second-order valence-electron chi connectivity index (χ2n) is 7.97. The first-order chi connectivity index (χ1) is 15.1. The van der Waals surface area contributed by atoms with Gasteiger partial charge < -0.3 is 14.9 Å². The van der Waals surface area contributed by atoms with Crippen molar-refractivity contribution in [1.82, 2.24) is 0 Å². The third-order valence-corrected chi connectivity index (χ3v) is 5.53. The van der Waals surface area contributed by atoms with Crippen molar-refractivity contribution >= 4 is 29.3 Å². The SMILES string of the molecule is CCOC(=O)C(=O)C[C@H](Cc1ccc(-c2cc(Cl)ccc2F)cc1)C[C@@](C)(CO)C(=O)O. The molecule has 32 heavy (non-hydrogen) atoms. The van der Waals surface area contributed by atoms with Gasteiger partial charge in [0.25, 0.3) is 0 Å². The van der Waals surface area contributed by atoms with Crippen LogP contribution in [0.1, 0.15) is 32.3 Å². The minimum absolute atomic E-state index is 0.0192. The van der Waals surface area contributed by atoms with Crippen molar-refractivity contribution in [1.29, 1.82) is 0 Å². The zero-order chi connectivity index (χ0) is 23.9. The number of aliphatic carboxylic acids is 1. The zero-order valence-electron chi connectivity index (χ0n) is 17.9. The molecule has 0 heterocycles. The molecule has 2 aromatic carbocycles. The summed E-state index contributed by atoms with van der Waals surface area (Å²) in [5.74, 6) is -3.86. The summed E-state index contributed by atoms with van der Waals surface area (Å²) in [6.45, 7) is 2.42. The molecule has 2 N–H and O–H groups in total. The number of carbonyl (C=O) groups excluding carboxylic acids is 2. The lowest BCUT2D eigenvalue weighted by Gasteiger charge is -2.27. The second kappa shape index (κ2) is 11.2. The summed E-state index contributed by atoms with van der Waals surface area (Å²) >= 11 is 5.96. The van der Waals surface area contributed by atoms with Crippen molar-refractivity contribution in [2.75, 3.05) is 13.2 Å². The van der Waals surface area contributed by atoms with Gasteiger partial charge in [-0.25, -0.2) is 9.18 Å². The first-order valence-corrected chi connectivity index (χ1v) is 10.6. The van der Waals surface area contributed by atoms with E-state index in [4.69, 9.17) is 16.3 Å². The standard InChI is InChI=1S/C24H26ClFO6/c1-3-32-22(29)21(28)11-16(13-24(2,14-27)23(30)31)10-15-4-6-17(7-5-15)19-12-18(25)8-9-20(19)26/h4-9,12,16,27H,3,10-11,13-14H2,1-2H3,(H,30,31)/t16-,24-/m0/s1. The molecule has 0 aliphatic carbocycles. The van der Waals surface area contributed by atoms with Crippen LogP contribution < -0.4 is 0 Å². The molecule has 172 valence electrons. The normalized spacial score (nSPS) is 13.8. The molecule has 0 saturated carbocycles. The highest BCUT2D eigenvalue weighted by Crippen LogP contribution is 2.32. The molecule has 0 radical (unpaired) electrons. The van der Waals surface area contributed by atoms with Gasteiger partial charge in [-0.3, -0.25) is 9.59 Å². The molecule has 0 aliphatic heterocycles. The number of ether oxygens (including phenoxy) is 1. The van der Waals surface area contributed by atoms with Crippen LogP contribution in [0.5, 0.6) is 0 Å². The Hall–Kier alpha value is -2.77. The fourth-order valence-electron chi connectivity index (χ4n) is 3.50. The molecule has 0 aromatic heterocycles. The summed E-state index contributed by atoms with van der Waals surface area (Å²) in [7, 11) is 0. The average Bonchev–Trinajstić information content (AvgIpc) is 2.75. The monoisotopic (exact) mass is 464 g/mol. The molecule has 2 rings (SSSR count). The lowest BCUT2D eigenvalue weighted by atomic mass is 9.77. The first-order valence-electron chi connectivity index (χ1n) is 10.2. The fourth-order valence-corrected chi connectivity index (χ4v) is 3.67. The summed E-state index contributed by atoms with van der Waals surface area (Å²) in [4.78, 5) is 35.7. The summed E-state index contributed by atoms with van der Waals surface area (Å²) in [6.07, 6.45) is 0.0490. The highest BCUT2D eigenvalue weighted by atomic mass is 35.5. The molecule has 0 saturated heterocycles. The number of hydrogen-bond acceptors (Lipinski definition) is 5. The largest absolute Gasteiger partial charge is 0.481 e. The van der Waals surface area contributed by atoms with E-state index in [0.717, 1.165) is 5.56 Å². The van der Waals surface area contributed by atoms with Gasteiger partial charge in [0.2, 0.25) is 5.78 Å². The first kappa shape index (κ1) is 25.5. The maximum atomic E-state index is 14.1. The predicted molar refractivity (Wildman–Crippen MR) is 118 cm³/mol. The van der Waals surface area contributed by atoms with Gasteiger partial charge in [-0.15, -0.1) is 0 Å². The van der Waals surface area contributed by atoms with Crippen LogP contribution in [-0.2, 0) is 25.5 Å².